The van der Waals surface area contributed by atoms with Crippen molar-refractivity contribution in [3.63, 3.8) is 0 Å². The van der Waals surface area contributed by atoms with Crippen molar-refractivity contribution < 1.29 is 13.9 Å². The Hall–Kier alpha value is -1.88. The lowest BCUT2D eigenvalue weighted by atomic mass is 10.1. The molecule has 9 heteroatoms. The van der Waals surface area contributed by atoms with Gasteiger partial charge in [0.15, 0.2) is 12.8 Å². The zero-order chi connectivity index (χ0) is 20.1. The van der Waals surface area contributed by atoms with Gasteiger partial charge in [-0.15, -0.1) is 24.0 Å². The van der Waals surface area contributed by atoms with Crippen molar-refractivity contribution in [2.45, 2.75) is 40.3 Å². The molecule has 160 valence electrons. The number of hydrogen-bond acceptors (Lipinski definition) is 4. The van der Waals surface area contributed by atoms with E-state index in [1.165, 1.54) is 12.1 Å². The normalized spacial score (nSPS) is 13.3. The largest absolute Gasteiger partial charge is 0.467 e. The molecule has 0 saturated heterocycles. The summed E-state index contributed by atoms with van der Waals surface area (Å²) in [6, 6.07) is 2.99. The Morgan fingerprint density at radius 2 is 2.10 bits per heavy atom. The van der Waals surface area contributed by atoms with Crippen LogP contribution >= 0.6 is 24.0 Å². The van der Waals surface area contributed by atoms with Gasteiger partial charge in [-0.25, -0.2) is 9.38 Å². The van der Waals surface area contributed by atoms with Crippen LogP contribution in [0.2, 0.25) is 0 Å². The molecule has 0 radical (unpaired) electrons. The number of rotatable bonds is 6. The zero-order valence-corrected chi connectivity index (χ0v) is 19.7. The van der Waals surface area contributed by atoms with Gasteiger partial charge in [-0.2, -0.15) is 5.10 Å². The highest BCUT2D eigenvalue weighted by Crippen LogP contribution is 2.29. The smallest absolute Gasteiger partial charge is 0.191 e. The van der Waals surface area contributed by atoms with Crippen molar-refractivity contribution in [1.29, 1.82) is 0 Å². The van der Waals surface area contributed by atoms with Crippen molar-refractivity contribution >= 4 is 29.9 Å². The van der Waals surface area contributed by atoms with Gasteiger partial charge in [0, 0.05) is 37.0 Å². The molecular weight excluding hydrogens is 488 g/mol. The molecule has 7 nitrogen and oxygen atoms in total. The van der Waals surface area contributed by atoms with Crippen LogP contribution in [-0.2, 0) is 31.4 Å². The van der Waals surface area contributed by atoms with Gasteiger partial charge in [-0.1, -0.05) is 0 Å². The number of aromatic nitrogens is 2. The highest BCUT2D eigenvalue weighted by Gasteiger charge is 2.17. The molecule has 0 saturated carbocycles. The van der Waals surface area contributed by atoms with Gasteiger partial charge < -0.3 is 20.1 Å². The maximum Gasteiger partial charge on any atom is 0.191 e. The first-order valence-corrected chi connectivity index (χ1v) is 9.52. The maximum absolute atomic E-state index is 13.9. The van der Waals surface area contributed by atoms with Gasteiger partial charge in [0.1, 0.15) is 11.6 Å². The maximum atomic E-state index is 13.9. The summed E-state index contributed by atoms with van der Waals surface area (Å²) in [5.74, 6) is 1.18. The molecule has 29 heavy (non-hydrogen) atoms. The van der Waals surface area contributed by atoms with Crippen LogP contribution in [-0.4, -0.2) is 35.6 Å². The van der Waals surface area contributed by atoms with Gasteiger partial charge in [-0.05, 0) is 44.9 Å². The first-order valence-electron chi connectivity index (χ1n) is 9.52. The average Bonchev–Trinajstić information content (AvgIpc) is 2.91. The Morgan fingerprint density at radius 1 is 1.31 bits per heavy atom. The van der Waals surface area contributed by atoms with Crippen LogP contribution < -0.4 is 15.4 Å². The van der Waals surface area contributed by atoms with Crippen molar-refractivity contribution in [3.05, 3.63) is 46.0 Å². The van der Waals surface area contributed by atoms with Crippen LogP contribution in [0.5, 0.6) is 5.75 Å². The second-order valence-corrected chi connectivity index (χ2v) is 6.81. The summed E-state index contributed by atoms with van der Waals surface area (Å²) in [4.78, 5) is 4.67. The van der Waals surface area contributed by atoms with Gasteiger partial charge >= 0.3 is 0 Å². The lowest BCUT2D eigenvalue weighted by Gasteiger charge is -2.21. The number of halogens is 2. The number of fused-ring (bicyclic) bond motifs is 1. The molecule has 2 aromatic rings. The van der Waals surface area contributed by atoms with Crippen molar-refractivity contribution in [2.24, 2.45) is 12.0 Å². The van der Waals surface area contributed by atoms with Gasteiger partial charge in [0.2, 0.25) is 0 Å². The molecule has 0 bridgehead atoms. The molecule has 1 aromatic heterocycles. The fraction of sp³-hybridized carbons (Fsp3) is 0.500. The highest BCUT2D eigenvalue weighted by molar-refractivity contribution is 14.0. The summed E-state index contributed by atoms with van der Waals surface area (Å²) in [6.45, 7) is 8.56. The monoisotopic (exact) mass is 517 g/mol. The molecule has 1 aliphatic rings. The quantitative estimate of drug-likeness (QED) is 0.351. The molecule has 3 rings (SSSR count). The minimum Gasteiger partial charge on any atom is -0.467 e. The molecule has 1 aliphatic heterocycles. The van der Waals surface area contributed by atoms with E-state index in [0.29, 0.717) is 26.1 Å². The van der Waals surface area contributed by atoms with Gasteiger partial charge in [-0.3, -0.25) is 4.68 Å². The van der Waals surface area contributed by atoms with E-state index < -0.39 is 0 Å². The Morgan fingerprint density at radius 3 is 2.79 bits per heavy atom. The standard InChI is InChI=1S/C20H28FN5O2.HI/c1-5-22-20(24-10-18-13(2)25-26(4)14(18)3)23-7-6-15-8-17(21)9-16-11-27-12-28-19(15)16;/h8-9H,5-7,10-12H2,1-4H3,(H2,22,23,24);1H. The van der Waals surface area contributed by atoms with E-state index >= 15 is 0 Å². The molecule has 0 unspecified atom stereocenters. The third-order valence-corrected chi connectivity index (χ3v) is 4.84. The van der Waals surface area contributed by atoms with E-state index in [1.807, 2.05) is 32.5 Å². The van der Waals surface area contributed by atoms with Crippen LogP contribution in [0.15, 0.2) is 17.1 Å². The summed E-state index contributed by atoms with van der Waals surface area (Å²) in [5, 5.41) is 11.0. The predicted molar refractivity (Wildman–Crippen MR) is 121 cm³/mol. The highest BCUT2D eigenvalue weighted by atomic mass is 127. The third-order valence-electron chi connectivity index (χ3n) is 4.84. The number of hydrogen-bond donors (Lipinski definition) is 2. The van der Waals surface area contributed by atoms with E-state index in [0.717, 1.165) is 46.3 Å². The van der Waals surface area contributed by atoms with Gasteiger partial charge in [0.25, 0.3) is 0 Å². The minimum atomic E-state index is -0.272. The molecule has 1 aromatic carbocycles. The Bertz CT molecular complexity index is 869. The van der Waals surface area contributed by atoms with Crippen LogP contribution in [0.25, 0.3) is 0 Å². The molecule has 0 amide bonds. The van der Waals surface area contributed by atoms with E-state index in [2.05, 4.69) is 20.7 Å². The lowest BCUT2D eigenvalue weighted by molar-refractivity contribution is -0.0172. The SMILES string of the molecule is CCNC(=NCc1c(C)nn(C)c1C)NCCc1cc(F)cc2c1OCOC2.I. The minimum absolute atomic E-state index is 0. The second-order valence-electron chi connectivity index (χ2n) is 6.81. The van der Waals surface area contributed by atoms with Crippen LogP contribution in [0.3, 0.4) is 0 Å². The summed E-state index contributed by atoms with van der Waals surface area (Å²) >= 11 is 0. The zero-order valence-electron chi connectivity index (χ0n) is 17.3. The third kappa shape index (κ3) is 5.81. The topological polar surface area (TPSA) is 72.7 Å². The average molecular weight is 517 g/mol. The first-order chi connectivity index (χ1) is 13.5. The summed E-state index contributed by atoms with van der Waals surface area (Å²) in [6.07, 6.45) is 0.620. The molecule has 0 aliphatic carbocycles. The molecule has 0 fully saturated rings. The van der Waals surface area contributed by atoms with Gasteiger partial charge in [0.05, 0.1) is 18.8 Å². The van der Waals surface area contributed by atoms with E-state index in [-0.39, 0.29) is 36.6 Å². The number of aryl methyl sites for hydroxylation is 2. The molecule has 0 atom stereocenters. The van der Waals surface area contributed by atoms with Crippen molar-refractivity contribution in [1.82, 2.24) is 20.4 Å². The van der Waals surface area contributed by atoms with Crippen LogP contribution in [0.4, 0.5) is 4.39 Å². The number of guanidine groups is 1. The summed E-state index contributed by atoms with van der Waals surface area (Å²) in [7, 11) is 1.94. The fourth-order valence-corrected chi connectivity index (χ4v) is 3.30. The van der Waals surface area contributed by atoms with Crippen LogP contribution in [0, 0.1) is 19.7 Å². The summed E-state index contributed by atoms with van der Waals surface area (Å²) < 4.78 is 26.6. The van der Waals surface area contributed by atoms with Crippen LogP contribution in [0.1, 0.15) is 35.0 Å². The van der Waals surface area contributed by atoms with E-state index in [4.69, 9.17) is 9.47 Å². The number of benzene rings is 1. The Balaban J connectivity index is 0.00000300. The van der Waals surface area contributed by atoms with E-state index in [1.54, 1.807) is 0 Å². The molecule has 2 N–H and O–H groups in total. The number of aliphatic imine (C=N–C) groups is 1. The van der Waals surface area contributed by atoms with E-state index in [9.17, 15) is 4.39 Å². The Kier molecular flexibility index (Phi) is 8.69. The lowest BCUT2D eigenvalue weighted by Crippen LogP contribution is -2.38. The molecule has 2 heterocycles. The Labute approximate surface area is 188 Å². The molecule has 0 spiro atoms. The molecular formula is C20H29FIN5O2. The predicted octanol–water partition coefficient (Wildman–Crippen LogP) is 2.96. The second kappa shape index (κ2) is 10.8. The van der Waals surface area contributed by atoms with Crippen molar-refractivity contribution in [3.8, 4) is 5.75 Å². The number of ether oxygens (including phenoxy) is 2. The number of nitrogens with zero attached hydrogens (tertiary/aromatic N) is 3. The number of nitrogens with one attached hydrogen (secondary N) is 2. The van der Waals surface area contributed by atoms with Crippen molar-refractivity contribution in [2.75, 3.05) is 19.9 Å². The summed E-state index contributed by atoms with van der Waals surface area (Å²) in [5.41, 5.74) is 4.82. The first kappa shape index (κ1) is 23.4. The fourth-order valence-electron chi connectivity index (χ4n) is 3.30.